The molecule has 1 aromatic carbocycles. The molecule has 6 heteroatoms. The van der Waals surface area contributed by atoms with Crippen molar-refractivity contribution in [1.29, 1.82) is 0 Å². The van der Waals surface area contributed by atoms with E-state index in [0.717, 1.165) is 40.6 Å². The number of nitrogens with zero attached hydrogens (tertiary/aromatic N) is 3. The van der Waals surface area contributed by atoms with Crippen molar-refractivity contribution in [1.82, 2.24) is 14.5 Å². The molecule has 3 N–H and O–H groups in total. The fourth-order valence-corrected chi connectivity index (χ4v) is 3.83. The first-order chi connectivity index (χ1) is 12.5. The molecule has 0 aliphatic heterocycles. The monoisotopic (exact) mass is 364 g/mol. The van der Waals surface area contributed by atoms with Crippen LogP contribution in [-0.2, 0) is 0 Å². The zero-order valence-corrected chi connectivity index (χ0v) is 15.0. The molecule has 3 heterocycles. The number of aryl methyl sites for hydroxylation is 1. The molecule has 0 radical (unpaired) electrons. The second kappa shape index (κ2) is 5.35. The van der Waals surface area contributed by atoms with Crippen molar-refractivity contribution in [2.75, 3.05) is 5.73 Å². The number of halogens is 1. The van der Waals surface area contributed by atoms with Gasteiger partial charge in [-0.05, 0) is 31.9 Å². The molecule has 5 nitrogen and oxygen atoms in total. The summed E-state index contributed by atoms with van der Waals surface area (Å²) in [5.41, 5.74) is 11.3. The van der Waals surface area contributed by atoms with Crippen molar-refractivity contribution in [2.24, 2.45) is 0 Å². The van der Waals surface area contributed by atoms with Gasteiger partial charge in [-0.2, -0.15) is 0 Å². The van der Waals surface area contributed by atoms with Gasteiger partial charge >= 0.3 is 0 Å². The van der Waals surface area contributed by atoms with E-state index in [4.69, 9.17) is 22.3 Å². The van der Waals surface area contributed by atoms with Crippen LogP contribution < -0.4 is 5.73 Å². The fourth-order valence-electron chi connectivity index (χ4n) is 3.64. The van der Waals surface area contributed by atoms with Crippen LogP contribution in [0.2, 0.25) is 5.15 Å². The molecule has 3 aromatic heterocycles. The van der Waals surface area contributed by atoms with Gasteiger partial charge in [0, 0.05) is 34.4 Å². The molecule has 0 amide bonds. The smallest absolute Gasteiger partial charge is 0.203 e. The minimum Gasteiger partial charge on any atom is -0.494 e. The average Bonchev–Trinajstić information content (AvgIpc) is 3.39. The summed E-state index contributed by atoms with van der Waals surface area (Å²) in [6.07, 6.45) is 4.06. The van der Waals surface area contributed by atoms with Gasteiger partial charge in [0.2, 0.25) is 5.88 Å². The number of nitrogens with two attached hydrogens (primary N) is 1. The normalized spacial score (nSPS) is 14.4. The third-order valence-electron chi connectivity index (χ3n) is 5.10. The number of fused-ring (bicyclic) bond motifs is 2. The molecule has 1 saturated carbocycles. The Labute approximate surface area is 155 Å². The number of aromatic nitrogens is 3. The molecule has 0 spiro atoms. The van der Waals surface area contributed by atoms with Crippen LogP contribution in [0.3, 0.4) is 0 Å². The molecule has 26 heavy (non-hydrogen) atoms. The van der Waals surface area contributed by atoms with Gasteiger partial charge < -0.3 is 15.4 Å². The summed E-state index contributed by atoms with van der Waals surface area (Å²) in [6.45, 7) is 1.93. The highest BCUT2D eigenvalue weighted by Crippen LogP contribution is 2.44. The number of para-hydroxylation sites is 1. The summed E-state index contributed by atoms with van der Waals surface area (Å²) < 4.78 is 1.89. The highest BCUT2D eigenvalue weighted by molar-refractivity contribution is 6.29. The van der Waals surface area contributed by atoms with E-state index < -0.39 is 0 Å². The molecule has 1 aliphatic rings. The minimum absolute atomic E-state index is 0.212. The van der Waals surface area contributed by atoms with Gasteiger partial charge in [-0.3, -0.25) is 0 Å². The van der Waals surface area contributed by atoms with Crippen LogP contribution in [0.4, 0.5) is 5.69 Å². The Balaban J connectivity index is 1.85. The molecule has 1 aliphatic carbocycles. The third-order valence-corrected chi connectivity index (χ3v) is 5.31. The first kappa shape index (κ1) is 15.5. The Bertz CT molecular complexity index is 1190. The predicted octanol–water partition coefficient (Wildman–Crippen LogP) is 4.84. The SMILES string of the molecule is Cc1nc(Cl)ccc1-c1cccc2c(N)c3c(O)n(C4CC4)cc3nc12. The summed E-state index contributed by atoms with van der Waals surface area (Å²) in [5, 5.41) is 12.5. The fraction of sp³-hybridized carbons (Fsp3) is 0.200. The van der Waals surface area contributed by atoms with Crippen molar-refractivity contribution in [3.8, 4) is 17.0 Å². The summed E-state index contributed by atoms with van der Waals surface area (Å²) in [5.74, 6) is 0.212. The Morgan fingerprint density at radius 3 is 2.69 bits per heavy atom. The molecule has 0 saturated heterocycles. The van der Waals surface area contributed by atoms with E-state index in [2.05, 4.69) is 4.98 Å². The number of pyridine rings is 2. The molecule has 0 atom stereocenters. The van der Waals surface area contributed by atoms with Crippen LogP contribution in [0.1, 0.15) is 24.6 Å². The van der Waals surface area contributed by atoms with Gasteiger partial charge in [-0.25, -0.2) is 9.97 Å². The van der Waals surface area contributed by atoms with Crippen LogP contribution in [0.5, 0.6) is 5.88 Å². The van der Waals surface area contributed by atoms with Gasteiger partial charge in [-0.1, -0.05) is 29.8 Å². The van der Waals surface area contributed by atoms with E-state index in [9.17, 15) is 5.11 Å². The number of anilines is 1. The first-order valence-electron chi connectivity index (χ1n) is 8.60. The lowest BCUT2D eigenvalue weighted by atomic mass is 9.99. The van der Waals surface area contributed by atoms with E-state index in [0.29, 0.717) is 27.8 Å². The van der Waals surface area contributed by atoms with Crippen molar-refractivity contribution in [3.63, 3.8) is 0 Å². The van der Waals surface area contributed by atoms with Crippen LogP contribution in [-0.4, -0.2) is 19.6 Å². The minimum atomic E-state index is 0.212. The van der Waals surface area contributed by atoms with Crippen molar-refractivity contribution in [3.05, 3.63) is 47.4 Å². The third kappa shape index (κ3) is 2.17. The van der Waals surface area contributed by atoms with Gasteiger partial charge in [0.1, 0.15) is 5.15 Å². The van der Waals surface area contributed by atoms with Crippen molar-refractivity contribution < 1.29 is 5.11 Å². The summed E-state index contributed by atoms with van der Waals surface area (Å²) in [7, 11) is 0. The number of benzene rings is 1. The number of hydrogen-bond acceptors (Lipinski definition) is 4. The highest BCUT2D eigenvalue weighted by atomic mass is 35.5. The second-order valence-electron chi connectivity index (χ2n) is 6.85. The Hall–Kier alpha value is -2.79. The summed E-state index contributed by atoms with van der Waals surface area (Å²) in [6, 6.07) is 9.98. The van der Waals surface area contributed by atoms with E-state index >= 15 is 0 Å². The molecule has 0 unspecified atom stereocenters. The Morgan fingerprint density at radius 1 is 1.15 bits per heavy atom. The van der Waals surface area contributed by atoms with Crippen LogP contribution in [0.25, 0.3) is 32.9 Å². The first-order valence-corrected chi connectivity index (χ1v) is 8.97. The molecule has 4 aromatic rings. The highest BCUT2D eigenvalue weighted by Gasteiger charge is 2.28. The summed E-state index contributed by atoms with van der Waals surface area (Å²) in [4.78, 5) is 9.20. The lowest BCUT2D eigenvalue weighted by Gasteiger charge is -2.11. The zero-order chi connectivity index (χ0) is 18.0. The molecular weight excluding hydrogens is 348 g/mol. The maximum absolute atomic E-state index is 10.6. The maximum atomic E-state index is 10.6. The zero-order valence-electron chi connectivity index (χ0n) is 14.2. The van der Waals surface area contributed by atoms with Gasteiger partial charge in [0.05, 0.1) is 22.1 Å². The van der Waals surface area contributed by atoms with E-state index in [1.165, 1.54) is 0 Å². The Morgan fingerprint density at radius 2 is 1.96 bits per heavy atom. The molecule has 0 bridgehead atoms. The van der Waals surface area contributed by atoms with Gasteiger partial charge in [-0.15, -0.1) is 0 Å². The topological polar surface area (TPSA) is 77.0 Å². The van der Waals surface area contributed by atoms with E-state index in [-0.39, 0.29) is 5.88 Å². The molecule has 1 fully saturated rings. The molecular formula is C20H17ClN4O. The van der Waals surface area contributed by atoms with Crippen molar-refractivity contribution >= 4 is 39.1 Å². The number of rotatable bonds is 2. The largest absolute Gasteiger partial charge is 0.494 e. The lowest BCUT2D eigenvalue weighted by Crippen LogP contribution is -1.95. The maximum Gasteiger partial charge on any atom is 0.203 e. The van der Waals surface area contributed by atoms with Crippen LogP contribution >= 0.6 is 11.6 Å². The Kier molecular flexibility index (Phi) is 3.18. The van der Waals surface area contributed by atoms with Crippen LogP contribution in [0, 0.1) is 6.92 Å². The van der Waals surface area contributed by atoms with Gasteiger partial charge in [0.25, 0.3) is 0 Å². The quantitative estimate of drug-likeness (QED) is 0.499. The van der Waals surface area contributed by atoms with Gasteiger partial charge in [0.15, 0.2) is 0 Å². The molecule has 5 rings (SSSR count). The number of nitrogen functional groups attached to an aromatic ring is 1. The van der Waals surface area contributed by atoms with E-state index in [1.54, 1.807) is 6.07 Å². The van der Waals surface area contributed by atoms with Crippen molar-refractivity contribution in [2.45, 2.75) is 25.8 Å². The predicted molar refractivity (Wildman–Crippen MR) is 105 cm³/mol. The second-order valence-corrected chi connectivity index (χ2v) is 7.23. The summed E-state index contributed by atoms with van der Waals surface area (Å²) >= 11 is 6.00. The lowest BCUT2D eigenvalue weighted by molar-refractivity contribution is 0.424. The number of aromatic hydroxyl groups is 1. The van der Waals surface area contributed by atoms with E-state index in [1.807, 2.05) is 42.0 Å². The standard InChI is InChI=1S/C20H17ClN4O/c1-10-12(7-8-16(21)23-10)13-3-2-4-14-18(22)17-15(24-19(13)14)9-25(20(17)26)11-5-6-11/h2-4,7-9,11,26H,5-6,22H2,1H3. The molecule has 130 valence electrons. The average molecular weight is 365 g/mol. The number of hydrogen-bond donors (Lipinski definition) is 2. The van der Waals surface area contributed by atoms with Crippen LogP contribution in [0.15, 0.2) is 36.5 Å².